The van der Waals surface area contributed by atoms with Crippen molar-refractivity contribution in [1.29, 1.82) is 0 Å². The molecule has 0 aromatic heterocycles. The van der Waals surface area contributed by atoms with E-state index in [0.29, 0.717) is 0 Å². The molecule has 0 bridgehead atoms. The van der Waals surface area contributed by atoms with Gasteiger partial charge in [-0.05, 0) is 19.9 Å². The number of likely N-dealkylation sites (N-methyl/N-ethyl adjacent to an activating group) is 1. The van der Waals surface area contributed by atoms with Gasteiger partial charge in [-0.15, -0.1) is 0 Å². The van der Waals surface area contributed by atoms with E-state index in [0.717, 1.165) is 25.9 Å². The fourth-order valence-corrected chi connectivity index (χ4v) is 2.54. The van der Waals surface area contributed by atoms with Gasteiger partial charge in [0.25, 0.3) is 0 Å². The smallest absolute Gasteiger partial charge is 0.227 e. The molecule has 2 aliphatic heterocycles. The Morgan fingerprint density at radius 1 is 1.77 bits per heavy atom. The lowest BCUT2D eigenvalue weighted by molar-refractivity contribution is -0.127. The molecule has 0 saturated carbocycles. The molecule has 0 aromatic rings. The Hall–Kier alpha value is -0.610. The van der Waals surface area contributed by atoms with Crippen LogP contribution in [0.1, 0.15) is 12.8 Å². The van der Waals surface area contributed by atoms with Crippen LogP contribution in [0.25, 0.3) is 0 Å². The minimum absolute atomic E-state index is 0.158. The Labute approximate surface area is 77.9 Å². The Balaban J connectivity index is 2.14. The highest BCUT2D eigenvalue weighted by atomic mass is 16.3. The minimum Gasteiger partial charge on any atom is -0.395 e. The van der Waals surface area contributed by atoms with E-state index in [2.05, 4.69) is 10.2 Å². The van der Waals surface area contributed by atoms with E-state index < -0.39 is 0 Å². The molecule has 1 amide bonds. The highest BCUT2D eigenvalue weighted by molar-refractivity contribution is 5.85. The highest BCUT2D eigenvalue weighted by Gasteiger charge is 2.49. The number of amides is 1. The number of hydrogen-bond donors (Lipinski definition) is 2. The fourth-order valence-electron chi connectivity index (χ4n) is 2.54. The summed E-state index contributed by atoms with van der Waals surface area (Å²) in [7, 11) is 1.97. The number of aliphatic hydroxyl groups excluding tert-OH is 1. The van der Waals surface area contributed by atoms with Crippen molar-refractivity contribution < 1.29 is 9.90 Å². The van der Waals surface area contributed by atoms with Crippen LogP contribution in [0.5, 0.6) is 0 Å². The molecule has 1 spiro atoms. The lowest BCUT2D eigenvalue weighted by Gasteiger charge is -2.18. The normalized spacial score (nSPS) is 40.2. The summed E-state index contributed by atoms with van der Waals surface area (Å²) in [4.78, 5) is 13.7. The molecule has 2 heterocycles. The van der Waals surface area contributed by atoms with Gasteiger partial charge >= 0.3 is 0 Å². The third-order valence-corrected chi connectivity index (χ3v) is 3.38. The fraction of sp³-hybridized carbons (Fsp3) is 0.889. The van der Waals surface area contributed by atoms with Gasteiger partial charge in [0.1, 0.15) is 0 Å². The number of aliphatic hydroxyl groups is 1. The first-order valence-electron chi connectivity index (χ1n) is 4.77. The van der Waals surface area contributed by atoms with Crippen LogP contribution in [-0.4, -0.2) is 48.7 Å². The summed E-state index contributed by atoms with van der Waals surface area (Å²) < 4.78 is 0. The minimum atomic E-state index is -0.192. The molecule has 0 radical (unpaired) electrons. The van der Waals surface area contributed by atoms with Crippen molar-refractivity contribution in [2.45, 2.75) is 18.9 Å². The molecule has 74 valence electrons. The van der Waals surface area contributed by atoms with Crippen LogP contribution in [0.15, 0.2) is 0 Å². The molecule has 2 N–H and O–H groups in total. The largest absolute Gasteiger partial charge is 0.395 e. The van der Waals surface area contributed by atoms with Crippen molar-refractivity contribution in [2.24, 2.45) is 5.41 Å². The maximum atomic E-state index is 11.6. The van der Waals surface area contributed by atoms with Gasteiger partial charge < -0.3 is 15.3 Å². The van der Waals surface area contributed by atoms with Gasteiger partial charge in [0.2, 0.25) is 5.91 Å². The number of rotatable bonds is 1. The molecule has 2 rings (SSSR count). The second kappa shape index (κ2) is 2.96. The number of hydrogen-bond acceptors (Lipinski definition) is 3. The topological polar surface area (TPSA) is 52.6 Å². The summed E-state index contributed by atoms with van der Waals surface area (Å²) in [5.74, 6) is 0.176. The molecular formula is C9H16N2O2. The van der Waals surface area contributed by atoms with Crippen molar-refractivity contribution in [2.75, 3.05) is 26.7 Å². The number of carbonyl (C=O) groups excluding carboxylic acids is 1. The zero-order valence-electron chi connectivity index (χ0n) is 7.92. The van der Waals surface area contributed by atoms with E-state index in [1.165, 1.54) is 0 Å². The molecule has 0 aliphatic carbocycles. The Kier molecular flexibility index (Phi) is 2.04. The molecule has 13 heavy (non-hydrogen) atoms. The third-order valence-electron chi connectivity index (χ3n) is 3.38. The second-order valence-corrected chi connectivity index (χ2v) is 4.24. The SMILES string of the molecule is CN1CC2(CCNC2=O)CC1CO. The van der Waals surface area contributed by atoms with Gasteiger partial charge in [-0.3, -0.25) is 4.79 Å². The first-order chi connectivity index (χ1) is 6.18. The lowest BCUT2D eigenvalue weighted by Crippen LogP contribution is -2.33. The standard InChI is InChI=1S/C9H16N2O2/c1-11-6-9(4-7(11)5-12)2-3-10-8(9)13/h7,12H,2-6H2,1H3,(H,10,13). The van der Waals surface area contributed by atoms with Crippen molar-refractivity contribution in [3.05, 3.63) is 0 Å². The van der Waals surface area contributed by atoms with Gasteiger partial charge in [-0.25, -0.2) is 0 Å². The van der Waals surface area contributed by atoms with Crippen LogP contribution in [0.4, 0.5) is 0 Å². The summed E-state index contributed by atoms with van der Waals surface area (Å²) in [6.45, 7) is 1.75. The van der Waals surface area contributed by atoms with Gasteiger partial charge in [-0.2, -0.15) is 0 Å². The van der Waals surface area contributed by atoms with E-state index in [1.54, 1.807) is 0 Å². The first-order valence-corrected chi connectivity index (χ1v) is 4.77. The first kappa shape index (κ1) is 8.97. The summed E-state index contributed by atoms with van der Waals surface area (Å²) in [6, 6.07) is 0.170. The average molecular weight is 184 g/mol. The monoisotopic (exact) mass is 184 g/mol. The Morgan fingerprint density at radius 2 is 2.54 bits per heavy atom. The quantitative estimate of drug-likeness (QED) is 0.560. The van der Waals surface area contributed by atoms with E-state index >= 15 is 0 Å². The third kappa shape index (κ3) is 1.25. The molecule has 4 nitrogen and oxygen atoms in total. The van der Waals surface area contributed by atoms with Crippen LogP contribution in [-0.2, 0) is 4.79 Å². The molecule has 4 heteroatoms. The van der Waals surface area contributed by atoms with E-state index in [1.807, 2.05) is 7.05 Å². The Morgan fingerprint density at radius 3 is 3.00 bits per heavy atom. The van der Waals surface area contributed by atoms with Crippen LogP contribution in [0, 0.1) is 5.41 Å². The van der Waals surface area contributed by atoms with Crippen molar-refractivity contribution >= 4 is 5.91 Å². The molecule has 2 fully saturated rings. The maximum absolute atomic E-state index is 11.6. The van der Waals surface area contributed by atoms with Gasteiger partial charge in [-0.1, -0.05) is 0 Å². The lowest BCUT2D eigenvalue weighted by atomic mass is 9.84. The highest BCUT2D eigenvalue weighted by Crippen LogP contribution is 2.39. The molecule has 2 aliphatic rings. The van der Waals surface area contributed by atoms with Crippen LogP contribution in [0.2, 0.25) is 0 Å². The summed E-state index contributed by atoms with van der Waals surface area (Å²) >= 11 is 0. The van der Waals surface area contributed by atoms with Crippen LogP contribution in [0.3, 0.4) is 0 Å². The molecule has 0 aromatic carbocycles. The zero-order valence-corrected chi connectivity index (χ0v) is 7.92. The number of nitrogens with one attached hydrogen (secondary N) is 1. The van der Waals surface area contributed by atoms with Crippen molar-refractivity contribution in [3.8, 4) is 0 Å². The van der Waals surface area contributed by atoms with Crippen molar-refractivity contribution in [3.63, 3.8) is 0 Å². The maximum Gasteiger partial charge on any atom is 0.227 e. The van der Waals surface area contributed by atoms with E-state index in [-0.39, 0.29) is 24.0 Å². The van der Waals surface area contributed by atoms with Crippen molar-refractivity contribution in [1.82, 2.24) is 10.2 Å². The summed E-state index contributed by atoms with van der Waals surface area (Å²) in [6.07, 6.45) is 1.73. The summed E-state index contributed by atoms with van der Waals surface area (Å²) in [5, 5.41) is 12.0. The van der Waals surface area contributed by atoms with Gasteiger partial charge in [0, 0.05) is 19.1 Å². The molecule has 2 unspecified atom stereocenters. The second-order valence-electron chi connectivity index (χ2n) is 4.24. The van der Waals surface area contributed by atoms with Crippen LogP contribution >= 0.6 is 0 Å². The molecule has 2 saturated heterocycles. The van der Waals surface area contributed by atoms with Gasteiger partial charge in [0.05, 0.1) is 12.0 Å². The van der Waals surface area contributed by atoms with E-state index in [4.69, 9.17) is 5.11 Å². The number of nitrogens with zero attached hydrogens (tertiary/aromatic N) is 1. The zero-order chi connectivity index (χ0) is 9.47. The Bertz CT molecular complexity index is 232. The number of carbonyl (C=O) groups is 1. The van der Waals surface area contributed by atoms with E-state index in [9.17, 15) is 4.79 Å². The molecular weight excluding hydrogens is 168 g/mol. The predicted molar refractivity (Wildman–Crippen MR) is 48.2 cm³/mol. The number of likely N-dealkylation sites (tertiary alicyclic amines) is 1. The summed E-state index contributed by atoms with van der Waals surface area (Å²) in [5.41, 5.74) is -0.192. The average Bonchev–Trinajstić information content (AvgIpc) is 2.59. The molecule has 2 atom stereocenters. The van der Waals surface area contributed by atoms with Gasteiger partial charge in [0.15, 0.2) is 0 Å². The predicted octanol–water partition coefficient (Wildman–Crippen LogP) is -0.811. The van der Waals surface area contributed by atoms with Crippen LogP contribution < -0.4 is 5.32 Å².